The molecule has 2 aliphatic rings. The van der Waals surface area contributed by atoms with E-state index < -0.39 is 10.0 Å². The van der Waals surface area contributed by atoms with Crippen LogP contribution in [0.3, 0.4) is 0 Å². The average molecular weight is 282 g/mol. The lowest BCUT2D eigenvalue weighted by Crippen LogP contribution is -2.40. The molecule has 2 unspecified atom stereocenters. The highest BCUT2D eigenvalue weighted by Crippen LogP contribution is 2.28. The minimum atomic E-state index is -3.66. The van der Waals surface area contributed by atoms with Gasteiger partial charge in [0, 0.05) is 25.3 Å². The van der Waals surface area contributed by atoms with Gasteiger partial charge in [-0.2, -0.15) is 0 Å². The lowest BCUT2D eigenvalue weighted by atomic mass is 9.94. The molecule has 0 bridgehead atoms. The predicted octanol–water partition coefficient (Wildman–Crippen LogP) is -0.0828. The normalized spacial score (nSPS) is 27.3. The third-order valence-corrected chi connectivity index (χ3v) is 4.87. The van der Waals surface area contributed by atoms with Crippen molar-refractivity contribution in [1.29, 1.82) is 0 Å². The van der Waals surface area contributed by atoms with Crippen molar-refractivity contribution in [3.8, 4) is 0 Å². The monoisotopic (exact) mass is 282 g/mol. The van der Waals surface area contributed by atoms with Crippen LogP contribution in [-0.4, -0.2) is 39.1 Å². The van der Waals surface area contributed by atoms with E-state index in [1.807, 2.05) is 0 Å². The molecule has 19 heavy (non-hydrogen) atoms. The van der Waals surface area contributed by atoms with Crippen LogP contribution < -0.4 is 15.4 Å². The Kier molecular flexibility index (Phi) is 3.20. The summed E-state index contributed by atoms with van der Waals surface area (Å²) in [7, 11) is -3.66. The molecule has 2 aliphatic heterocycles. The van der Waals surface area contributed by atoms with Crippen LogP contribution in [0.5, 0.6) is 0 Å². The number of nitrogens with two attached hydrogens (primary N) is 1. The topological polar surface area (TPSA) is 88.3 Å². The summed E-state index contributed by atoms with van der Waals surface area (Å²) in [5.74, 6) is 1.50. The summed E-state index contributed by atoms with van der Waals surface area (Å²) < 4.78 is 22.4. The van der Waals surface area contributed by atoms with Gasteiger partial charge in [0.1, 0.15) is 10.7 Å². The van der Waals surface area contributed by atoms with Gasteiger partial charge < -0.3 is 10.2 Å². The van der Waals surface area contributed by atoms with Crippen LogP contribution in [0.2, 0.25) is 0 Å². The summed E-state index contributed by atoms with van der Waals surface area (Å²) in [6, 6.07) is 3.79. The van der Waals surface area contributed by atoms with E-state index in [9.17, 15) is 8.42 Å². The maximum atomic E-state index is 11.2. The zero-order chi connectivity index (χ0) is 13.5. The molecule has 2 saturated heterocycles. The van der Waals surface area contributed by atoms with Gasteiger partial charge in [0.25, 0.3) is 0 Å². The first-order valence-electron chi connectivity index (χ1n) is 6.51. The largest absolute Gasteiger partial charge is 0.355 e. The van der Waals surface area contributed by atoms with E-state index in [0.717, 1.165) is 25.5 Å². The van der Waals surface area contributed by atoms with E-state index in [0.29, 0.717) is 12.0 Å². The zero-order valence-corrected chi connectivity index (χ0v) is 11.4. The Hall–Kier alpha value is -1.18. The number of pyridine rings is 1. The molecule has 6 nitrogen and oxygen atoms in total. The number of primary sulfonamides is 1. The first-order chi connectivity index (χ1) is 9.04. The number of hydrogen-bond acceptors (Lipinski definition) is 5. The SMILES string of the molecule is NS(=O)(=O)c1ccc(N2CC3CCCNC3C2)nc1. The van der Waals surface area contributed by atoms with Crippen LogP contribution in [0.25, 0.3) is 0 Å². The third-order valence-electron chi connectivity index (χ3n) is 3.97. The molecular formula is C12H18N4O2S. The average Bonchev–Trinajstić information content (AvgIpc) is 2.81. The fourth-order valence-corrected chi connectivity index (χ4v) is 3.42. The highest BCUT2D eigenvalue weighted by Gasteiger charge is 2.34. The molecule has 3 heterocycles. The van der Waals surface area contributed by atoms with Crippen molar-refractivity contribution in [2.24, 2.45) is 11.1 Å². The van der Waals surface area contributed by atoms with Gasteiger partial charge in [0.2, 0.25) is 10.0 Å². The lowest BCUT2D eigenvalue weighted by molar-refractivity contribution is 0.340. The van der Waals surface area contributed by atoms with Crippen LogP contribution >= 0.6 is 0 Å². The van der Waals surface area contributed by atoms with E-state index in [1.165, 1.54) is 25.1 Å². The molecule has 0 spiro atoms. The van der Waals surface area contributed by atoms with Crippen LogP contribution in [0.1, 0.15) is 12.8 Å². The maximum absolute atomic E-state index is 11.2. The molecule has 0 aromatic carbocycles. The van der Waals surface area contributed by atoms with Gasteiger partial charge in [-0.15, -0.1) is 0 Å². The van der Waals surface area contributed by atoms with Gasteiger partial charge in [-0.3, -0.25) is 0 Å². The summed E-state index contributed by atoms with van der Waals surface area (Å²) in [5.41, 5.74) is 0. The van der Waals surface area contributed by atoms with E-state index in [4.69, 9.17) is 5.14 Å². The third kappa shape index (κ3) is 2.58. The number of rotatable bonds is 2. The molecule has 1 aromatic rings. The summed E-state index contributed by atoms with van der Waals surface area (Å²) in [4.78, 5) is 6.49. The highest BCUT2D eigenvalue weighted by atomic mass is 32.2. The zero-order valence-electron chi connectivity index (χ0n) is 10.6. The van der Waals surface area contributed by atoms with Gasteiger partial charge in [-0.05, 0) is 37.4 Å². The Bertz CT molecular complexity index is 544. The number of piperidine rings is 1. The van der Waals surface area contributed by atoms with Crippen LogP contribution in [0.4, 0.5) is 5.82 Å². The summed E-state index contributed by atoms with van der Waals surface area (Å²) in [5, 5.41) is 8.60. The van der Waals surface area contributed by atoms with Crippen LogP contribution in [0.15, 0.2) is 23.2 Å². The lowest BCUT2D eigenvalue weighted by Gasteiger charge is -2.24. The fourth-order valence-electron chi connectivity index (χ4n) is 2.96. The van der Waals surface area contributed by atoms with Crippen molar-refractivity contribution in [3.63, 3.8) is 0 Å². The molecule has 3 N–H and O–H groups in total. The summed E-state index contributed by atoms with van der Waals surface area (Å²) >= 11 is 0. The Morgan fingerprint density at radius 2 is 2.21 bits per heavy atom. The van der Waals surface area contributed by atoms with E-state index in [2.05, 4.69) is 15.2 Å². The van der Waals surface area contributed by atoms with Crippen molar-refractivity contribution in [2.75, 3.05) is 24.5 Å². The molecule has 104 valence electrons. The predicted molar refractivity (Wildman–Crippen MR) is 72.3 cm³/mol. The Balaban J connectivity index is 1.77. The molecule has 3 rings (SSSR count). The highest BCUT2D eigenvalue weighted by molar-refractivity contribution is 7.89. The molecule has 0 saturated carbocycles. The summed E-state index contributed by atoms with van der Waals surface area (Å²) in [6.07, 6.45) is 3.82. The van der Waals surface area contributed by atoms with Gasteiger partial charge in [-0.25, -0.2) is 18.5 Å². The smallest absolute Gasteiger partial charge is 0.239 e. The standard InChI is InChI=1S/C12H18N4O2S/c13-19(17,18)10-3-4-12(15-6-10)16-7-9-2-1-5-14-11(9)8-16/h3-4,6,9,11,14H,1-2,5,7-8H2,(H2,13,17,18). The number of anilines is 1. The Morgan fingerprint density at radius 3 is 2.84 bits per heavy atom. The van der Waals surface area contributed by atoms with Crippen molar-refractivity contribution in [2.45, 2.75) is 23.8 Å². The number of nitrogens with zero attached hydrogens (tertiary/aromatic N) is 2. The van der Waals surface area contributed by atoms with E-state index in [1.54, 1.807) is 6.07 Å². The molecule has 1 aromatic heterocycles. The molecule has 0 aliphatic carbocycles. The van der Waals surface area contributed by atoms with Crippen LogP contribution in [0, 0.1) is 5.92 Å². The van der Waals surface area contributed by atoms with Crippen molar-refractivity contribution in [1.82, 2.24) is 10.3 Å². The molecule has 2 fully saturated rings. The fraction of sp³-hybridized carbons (Fsp3) is 0.583. The summed E-state index contributed by atoms with van der Waals surface area (Å²) in [6.45, 7) is 3.01. The van der Waals surface area contributed by atoms with Gasteiger partial charge >= 0.3 is 0 Å². The van der Waals surface area contributed by atoms with E-state index in [-0.39, 0.29) is 4.90 Å². The van der Waals surface area contributed by atoms with Gasteiger partial charge in [0.05, 0.1) is 0 Å². The quantitative estimate of drug-likeness (QED) is 0.792. The van der Waals surface area contributed by atoms with Crippen molar-refractivity contribution < 1.29 is 8.42 Å². The number of sulfonamides is 1. The molecule has 7 heteroatoms. The van der Waals surface area contributed by atoms with Crippen molar-refractivity contribution >= 4 is 15.8 Å². The second kappa shape index (κ2) is 4.73. The number of hydrogen-bond donors (Lipinski definition) is 2. The molecular weight excluding hydrogens is 264 g/mol. The number of fused-ring (bicyclic) bond motifs is 1. The first kappa shape index (κ1) is 12.8. The second-order valence-electron chi connectivity index (χ2n) is 5.27. The Morgan fingerprint density at radius 1 is 1.37 bits per heavy atom. The Labute approximate surface area is 113 Å². The second-order valence-corrected chi connectivity index (χ2v) is 6.83. The minimum Gasteiger partial charge on any atom is -0.355 e. The van der Waals surface area contributed by atoms with Gasteiger partial charge in [0.15, 0.2) is 0 Å². The minimum absolute atomic E-state index is 0.0611. The maximum Gasteiger partial charge on any atom is 0.239 e. The number of aromatic nitrogens is 1. The van der Waals surface area contributed by atoms with E-state index >= 15 is 0 Å². The van der Waals surface area contributed by atoms with Crippen LogP contribution in [-0.2, 0) is 10.0 Å². The van der Waals surface area contributed by atoms with Crippen molar-refractivity contribution in [3.05, 3.63) is 18.3 Å². The first-order valence-corrected chi connectivity index (χ1v) is 8.06. The molecule has 2 atom stereocenters. The molecule has 0 amide bonds. The van der Waals surface area contributed by atoms with Gasteiger partial charge in [-0.1, -0.05) is 0 Å². The number of nitrogens with one attached hydrogen (secondary N) is 1. The molecule has 0 radical (unpaired) electrons.